The van der Waals surface area contributed by atoms with Gasteiger partial charge < -0.3 is 10.6 Å². The molecule has 3 rings (SSSR count). The summed E-state index contributed by atoms with van der Waals surface area (Å²) in [6.07, 6.45) is 3.57. The van der Waals surface area contributed by atoms with Crippen LogP contribution in [0.2, 0.25) is 0 Å². The van der Waals surface area contributed by atoms with E-state index in [2.05, 4.69) is 25.7 Å². The minimum Gasteiger partial charge on any atom is -0.342 e. The maximum atomic E-state index is 12.9. The molecule has 0 fully saturated rings. The molecule has 0 saturated heterocycles. The third kappa shape index (κ3) is 4.69. The van der Waals surface area contributed by atoms with Crippen molar-refractivity contribution < 1.29 is 4.79 Å². The Balaban J connectivity index is 1.77. The largest absolute Gasteiger partial charge is 0.342 e. The zero-order chi connectivity index (χ0) is 19.4. The number of hydrogen-bond acceptors (Lipinski definition) is 5. The van der Waals surface area contributed by atoms with Crippen molar-refractivity contribution >= 4 is 17.5 Å². The van der Waals surface area contributed by atoms with Crippen LogP contribution in [0.15, 0.2) is 48.8 Å². The molecule has 1 aromatic carbocycles. The third-order valence-electron chi connectivity index (χ3n) is 4.10. The second kappa shape index (κ2) is 7.99. The molecular weight excluding hydrogens is 340 g/mol. The molecule has 2 heterocycles. The number of rotatable bonds is 6. The average molecular weight is 364 g/mol. The average Bonchev–Trinajstić information content (AvgIpc) is 3.13. The fraction of sp³-hybridized carbons (Fsp3) is 0.300. The fourth-order valence-corrected chi connectivity index (χ4v) is 2.83. The fourth-order valence-electron chi connectivity index (χ4n) is 2.83. The SMILES string of the molecule is Cc1cc(C)nc(NC(C(=O)Nc2cccc(-n3cccn3)c2)C(C)C)n1. The zero-order valence-electron chi connectivity index (χ0n) is 16.0. The molecule has 0 bridgehead atoms. The zero-order valence-corrected chi connectivity index (χ0v) is 16.0. The summed E-state index contributed by atoms with van der Waals surface area (Å²) in [6.45, 7) is 7.79. The first-order valence-corrected chi connectivity index (χ1v) is 8.92. The molecule has 7 nitrogen and oxygen atoms in total. The number of aromatic nitrogens is 4. The predicted octanol–water partition coefficient (Wildman–Crippen LogP) is 3.35. The molecule has 140 valence electrons. The van der Waals surface area contributed by atoms with Gasteiger partial charge in [0.2, 0.25) is 11.9 Å². The van der Waals surface area contributed by atoms with Crippen molar-refractivity contribution in [2.45, 2.75) is 33.7 Å². The summed E-state index contributed by atoms with van der Waals surface area (Å²) in [5.74, 6) is 0.390. The van der Waals surface area contributed by atoms with Crippen LogP contribution >= 0.6 is 0 Å². The Labute approximate surface area is 158 Å². The number of carbonyl (C=O) groups excluding carboxylic acids is 1. The summed E-state index contributed by atoms with van der Waals surface area (Å²) in [5, 5.41) is 10.4. The highest BCUT2D eigenvalue weighted by molar-refractivity contribution is 5.96. The van der Waals surface area contributed by atoms with Crippen LogP contribution in [0.5, 0.6) is 0 Å². The van der Waals surface area contributed by atoms with Gasteiger partial charge in [0.15, 0.2) is 0 Å². The smallest absolute Gasteiger partial charge is 0.247 e. The van der Waals surface area contributed by atoms with Crippen LogP contribution in [0.25, 0.3) is 5.69 Å². The lowest BCUT2D eigenvalue weighted by atomic mass is 10.0. The van der Waals surface area contributed by atoms with Crippen molar-refractivity contribution in [2.75, 3.05) is 10.6 Å². The van der Waals surface area contributed by atoms with Gasteiger partial charge in [-0.2, -0.15) is 5.10 Å². The van der Waals surface area contributed by atoms with Crippen LogP contribution in [-0.4, -0.2) is 31.7 Å². The minimum atomic E-state index is -0.459. The van der Waals surface area contributed by atoms with Gasteiger partial charge in [0, 0.05) is 29.5 Å². The van der Waals surface area contributed by atoms with Crippen LogP contribution in [0.3, 0.4) is 0 Å². The first-order valence-electron chi connectivity index (χ1n) is 8.92. The topological polar surface area (TPSA) is 84.7 Å². The lowest BCUT2D eigenvalue weighted by Gasteiger charge is -2.22. The van der Waals surface area contributed by atoms with E-state index in [1.165, 1.54) is 0 Å². The molecule has 27 heavy (non-hydrogen) atoms. The number of benzene rings is 1. The molecule has 1 atom stereocenters. The van der Waals surface area contributed by atoms with Gasteiger partial charge in [0.25, 0.3) is 0 Å². The molecule has 1 unspecified atom stereocenters. The van der Waals surface area contributed by atoms with Crippen molar-refractivity contribution in [3.05, 3.63) is 60.2 Å². The van der Waals surface area contributed by atoms with E-state index in [-0.39, 0.29) is 11.8 Å². The van der Waals surface area contributed by atoms with Gasteiger partial charge in [0.05, 0.1) is 5.69 Å². The Kier molecular flexibility index (Phi) is 5.49. The summed E-state index contributed by atoms with van der Waals surface area (Å²) in [6, 6.07) is 10.9. The van der Waals surface area contributed by atoms with Crippen LogP contribution in [0.1, 0.15) is 25.2 Å². The van der Waals surface area contributed by atoms with E-state index in [1.54, 1.807) is 10.9 Å². The molecular formula is C20H24N6O. The Morgan fingerprint density at radius 3 is 2.44 bits per heavy atom. The van der Waals surface area contributed by atoms with Crippen molar-refractivity contribution in [3.63, 3.8) is 0 Å². The van der Waals surface area contributed by atoms with E-state index in [4.69, 9.17) is 0 Å². The van der Waals surface area contributed by atoms with Gasteiger partial charge in [-0.15, -0.1) is 0 Å². The summed E-state index contributed by atoms with van der Waals surface area (Å²) in [5.41, 5.74) is 3.31. The Morgan fingerprint density at radius 1 is 1.07 bits per heavy atom. The molecule has 0 aliphatic rings. The summed E-state index contributed by atoms with van der Waals surface area (Å²) >= 11 is 0. The highest BCUT2D eigenvalue weighted by atomic mass is 16.2. The molecule has 0 aliphatic carbocycles. The standard InChI is InChI=1S/C20H24N6O/c1-13(2)18(25-20-22-14(3)11-15(4)23-20)19(27)24-16-7-5-8-17(12-16)26-10-6-9-21-26/h5-13,18H,1-4H3,(H,24,27)(H,22,23,25). The van der Waals surface area contributed by atoms with Gasteiger partial charge in [0.1, 0.15) is 6.04 Å². The van der Waals surface area contributed by atoms with Crippen LogP contribution in [-0.2, 0) is 4.79 Å². The lowest BCUT2D eigenvalue weighted by molar-refractivity contribution is -0.117. The van der Waals surface area contributed by atoms with Gasteiger partial charge in [-0.3, -0.25) is 4.79 Å². The van der Waals surface area contributed by atoms with E-state index in [1.807, 2.05) is 70.3 Å². The maximum Gasteiger partial charge on any atom is 0.247 e. The van der Waals surface area contributed by atoms with Crippen molar-refractivity contribution in [1.29, 1.82) is 0 Å². The molecule has 1 amide bonds. The van der Waals surface area contributed by atoms with E-state index < -0.39 is 6.04 Å². The van der Waals surface area contributed by atoms with Crippen molar-refractivity contribution in [2.24, 2.45) is 5.92 Å². The number of nitrogens with zero attached hydrogens (tertiary/aromatic N) is 4. The number of hydrogen-bond donors (Lipinski definition) is 2. The molecule has 0 radical (unpaired) electrons. The molecule has 0 spiro atoms. The third-order valence-corrected chi connectivity index (χ3v) is 4.10. The van der Waals surface area contributed by atoms with E-state index in [9.17, 15) is 4.79 Å². The van der Waals surface area contributed by atoms with Gasteiger partial charge in [-0.25, -0.2) is 14.6 Å². The van der Waals surface area contributed by atoms with Crippen LogP contribution in [0, 0.1) is 19.8 Å². The minimum absolute atomic E-state index is 0.0590. The second-order valence-electron chi connectivity index (χ2n) is 6.83. The normalized spacial score (nSPS) is 12.0. The second-order valence-corrected chi connectivity index (χ2v) is 6.83. The Bertz CT molecular complexity index is 900. The number of carbonyl (C=O) groups is 1. The summed E-state index contributed by atoms with van der Waals surface area (Å²) < 4.78 is 1.75. The number of nitrogens with one attached hydrogen (secondary N) is 2. The highest BCUT2D eigenvalue weighted by Crippen LogP contribution is 2.17. The van der Waals surface area contributed by atoms with Gasteiger partial charge >= 0.3 is 0 Å². The number of anilines is 2. The van der Waals surface area contributed by atoms with Crippen LogP contribution in [0.4, 0.5) is 11.6 Å². The molecule has 0 aliphatic heterocycles. The van der Waals surface area contributed by atoms with E-state index in [0.29, 0.717) is 11.6 Å². The Hall–Kier alpha value is -3.22. The summed E-state index contributed by atoms with van der Waals surface area (Å²) in [7, 11) is 0. The molecule has 3 aromatic rings. The van der Waals surface area contributed by atoms with Gasteiger partial charge in [-0.05, 0) is 50.1 Å². The number of amides is 1. The number of aryl methyl sites for hydroxylation is 2. The van der Waals surface area contributed by atoms with Gasteiger partial charge in [-0.1, -0.05) is 19.9 Å². The molecule has 7 heteroatoms. The first-order chi connectivity index (χ1) is 12.9. The van der Waals surface area contributed by atoms with Crippen LogP contribution < -0.4 is 10.6 Å². The maximum absolute atomic E-state index is 12.9. The Morgan fingerprint density at radius 2 is 1.81 bits per heavy atom. The molecule has 0 saturated carbocycles. The lowest BCUT2D eigenvalue weighted by Crippen LogP contribution is -2.39. The van der Waals surface area contributed by atoms with E-state index >= 15 is 0 Å². The monoisotopic (exact) mass is 364 g/mol. The highest BCUT2D eigenvalue weighted by Gasteiger charge is 2.23. The quantitative estimate of drug-likeness (QED) is 0.701. The molecule has 2 N–H and O–H groups in total. The van der Waals surface area contributed by atoms with Crippen molar-refractivity contribution in [1.82, 2.24) is 19.7 Å². The first kappa shape index (κ1) is 18.6. The summed E-state index contributed by atoms with van der Waals surface area (Å²) in [4.78, 5) is 21.6. The van der Waals surface area contributed by atoms with Crippen molar-refractivity contribution in [3.8, 4) is 5.69 Å². The predicted molar refractivity (Wildman–Crippen MR) is 106 cm³/mol. The molecule has 2 aromatic heterocycles. The van der Waals surface area contributed by atoms with E-state index in [0.717, 1.165) is 17.1 Å².